The van der Waals surface area contributed by atoms with E-state index in [4.69, 9.17) is 47.4 Å². The van der Waals surface area contributed by atoms with Crippen LogP contribution in [-0.2, 0) is 52.2 Å². The molecule has 14 heteroatoms. The number of rotatable bonds is 11. The van der Waals surface area contributed by atoms with Gasteiger partial charge in [-0.05, 0) is 47.0 Å². The van der Waals surface area contributed by atoms with Gasteiger partial charge in [0.05, 0.1) is 66.1 Å². The lowest BCUT2D eigenvalue weighted by molar-refractivity contribution is -0.366. The molecule has 0 radical (unpaired) electrons. The molecule has 0 bridgehead atoms. The summed E-state index contributed by atoms with van der Waals surface area (Å²) in [6.45, 7) is 21.6. The Morgan fingerprint density at radius 1 is 0.672 bits per heavy atom. The third-order valence-electron chi connectivity index (χ3n) is 16.3. The maximum Gasteiger partial charge on any atom is 0.311 e. The summed E-state index contributed by atoms with van der Waals surface area (Å²) in [5.41, 5.74) is -1.32. The third kappa shape index (κ3) is 7.62. The van der Waals surface area contributed by atoms with Crippen LogP contribution in [0.2, 0.25) is 0 Å². The topological polar surface area (TPSA) is 170 Å². The molecule has 6 fully saturated rings. The Kier molecular flexibility index (Phi) is 13.3. The summed E-state index contributed by atoms with van der Waals surface area (Å²) in [5.74, 6) is -8.04. The van der Waals surface area contributed by atoms with Crippen molar-refractivity contribution in [2.24, 2.45) is 47.3 Å². The molecule has 0 aromatic carbocycles. The van der Waals surface area contributed by atoms with Crippen LogP contribution in [0.15, 0.2) is 0 Å². The average molecular weight is 829 g/mol. The summed E-state index contributed by atoms with van der Waals surface area (Å²) in [6, 6.07) is 0. The Bertz CT molecular complexity index is 1450. The molecular weight excluding hydrogens is 752 g/mol. The van der Waals surface area contributed by atoms with E-state index in [1.54, 1.807) is 42.3 Å². The molecular formula is C44H76O14. The van der Waals surface area contributed by atoms with Crippen molar-refractivity contribution in [2.75, 3.05) is 28.4 Å². The highest BCUT2D eigenvalue weighted by Gasteiger charge is 2.64. The van der Waals surface area contributed by atoms with Gasteiger partial charge in [-0.25, -0.2) is 0 Å². The van der Waals surface area contributed by atoms with E-state index in [0.717, 1.165) is 12.8 Å². The Balaban J connectivity index is 1.19. The van der Waals surface area contributed by atoms with Crippen molar-refractivity contribution in [1.29, 1.82) is 0 Å². The first kappa shape index (κ1) is 46.5. The summed E-state index contributed by atoms with van der Waals surface area (Å²) in [6.07, 6.45) is -0.175. The van der Waals surface area contributed by atoms with Gasteiger partial charge in [-0.3, -0.25) is 4.79 Å². The molecule has 0 aromatic rings. The second-order valence-corrected chi connectivity index (χ2v) is 19.9. The van der Waals surface area contributed by atoms with Crippen molar-refractivity contribution < 1.29 is 67.5 Å². The van der Waals surface area contributed by atoms with E-state index in [1.165, 1.54) is 6.92 Å². The SMILES string of the molecule is CO[C@@H]1[C@@H](C)[C@H]([C@@H](C)[C@@H]2O[C@@]3(CC[C@@](C)([C@H]4CC[C@@](C)([C@H]5O[C@H]([C@H]6O[C@@](C)(O)[C@H](C)[C@@H](OC)[C@@H]6C)[C@@H](OC)[C@@H]5C)O4)O3)C[C@H](OC)[C@H]2C)O[C@](O)([C@@H](C)C(=O)O)[C@H]1C. The lowest BCUT2D eigenvalue weighted by Crippen LogP contribution is -2.65. The Hall–Kier alpha value is -1.01. The molecule has 6 aliphatic rings. The van der Waals surface area contributed by atoms with Gasteiger partial charge in [0.15, 0.2) is 17.4 Å². The van der Waals surface area contributed by atoms with Gasteiger partial charge < -0.3 is 62.7 Å². The fourth-order valence-corrected chi connectivity index (χ4v) is 12.5. The molecule has 0 aliphatic carbocycles. The fourth-order valence-electron chi connectivity index (χ4n) is 12.5. The fraction of sp³-hybridized carbons (Fsp3) is 0.977. The van der Waals surface area contributed by atoms with Crippen LogP contribution in [0.25, 0.3) is 0 Å². The van der Waals surface area contributed by atoms with E-state index in [-0.39, 0.29) is 66.0 Å². The van der Waals surface area contributed by atoms with Gasteiger partial charge >= 0.3 is 5.97 Å². The van der Waals surface area contributed by atoms with Crippen molar-refractivity contribution in [1.82, 2.24) is 0 Å². The van der Waals surface area contributed by atoms with Crippen molar-refractivity contribution in [3.05, 3.63) is 0 Å². The largest absolute Gasteiger partial charge is 0.481 e. The van der Waals surface area contributed by atoms with Gasteiger partial charge in [-0.1, -0.05) is 48.5 Å². The van der Waals surface area contributed by atoms with Crippen molar-refractivity contribution >= 4 is 5.97 Å². The minimum absolute atomic E-state index is 0.0300. The second kappa shape index (κ2) is 16.6. The first-order valence-electron chi connectivity index (χ1n) is 21.8. The minimum atomic E-state index is -1.95. The predicted molar refractivity (Wildman–Crippen MR) is 212 cm³/mol. The standard InChI is InChI=1S/C44H76O14/c1-21-29(49-12)20-43(56-31(21)22(2)32-23(3)34(51-14)27(7)44(48,57-32)28(8)39(45)46)19-18-40(9,58-43)30-16-17-41(10,54-30)38-25(5)35(52-15)37(53-38)36-24(4)33(50-13)26(6)42(11,47)55-36/h21-38,47-48H,16-20H2,1-15H3,(H,45,46)/t21-,22+,23+,24+,25+,26-,27+,28+,29+,30-,31-,32+,33+,34-,35+,36+,37+,38+,40+,41+,42-,43-,44+/m1/s1. The van der Waals surface area contributed by atoms with Gasteiger partial charge in [0, 0.05) is 82.7 Å². The first-order chi connectivity index (χ1) is 27.0. The van der Waals surface area contributed by atoms with Gasteiger partial charge in [-0.15, -0.1) is 0 Å². The number of methoxy groups -OCH3 is 4. The number of carboxylic acid groups (broad SMARTS) is 1. The van der Waals surface area contributed by atoms with Crippen LogP contribution in [0.1, 0.15) is 108 Å². The monoisotopic (exact) mass is 829 g/mol. The first-order valence-corrected chi connectivity index (χ1v) is 21.8. The highest BCUT2D eigenvalue weighted by atomic mass is 16.7. The maximum atomic E-state index is 12.2. The number of ether oxygens (including phenoxy) is 10. The summed E-state index contributed by atoms with van der Waals surface area (Å²) >= 11 is 0. The van der Waals surface area contributed by atoms with Crippen LogP contribution in [-0.4, -0.2) is 139 Å². The molecule has 6 rings (SSSR count). The van der Waals surface area contributed by atoms with Crippen molar-refractivity contribution in [3.63, 3.8) is 0 Å². The molecule has 336 valence electrons. The van der Waals surface area contributed by atoms with E-state index in [9.17, 15) is 20.1 Å². The lowest BCUT2D eigenvalue weighted by atomic mass is 9.71. The van der Waals surface area contributed by atoms with E-state index >= 15 is 0 Å². The molecule has 6 heterocycles. The molecule has 58 heavy (non-hydrogen) atoms. The zero-order valence-corrected chi connectivity index (χ0v) is 37.8. The smallest absolute Gasteiger partial charge is 0.311 e. The normalized spacial score (nSPS) is 54.8. The summed E-state index contributed by atoms with van der Waals surface area (Å²) in [5, 5.41) is 33.1. The number of aliphatic carboxylic acids is 1. The molecule has 6 saturated heterocycles. The van der Waals surface area contributed by atoms with Gasteiger partial charge in [0.25, 0.3) is 0 Å². The van der Waals surface area contributed by atoms with Crippen LogP contribution in [0.5, 0.6) is 0 Å². The summed E-state index contributed by atoms with van der Waals surface area (Å²) in [7, 11) is 6.70. The van der Waals surface area contributed by atoms with Gasteiger partial charge in [0.1, 0.15) is 12.0 Å². The number of hydrogen-bond acceptors (Lipinski definition) is 13. The quantitative estimate of drug-likeness (QED) is 0.249. The van der Waals surface area contributed by atoms with Gasteiger partial charge in [-0.2, -0.15) is 0 Å². The molecule has 3 N–H and O–H groups in total. The van der Waals surface area contributed by atoms with Gasteiger partial charge in [0.2, 0.25) is 0 Å². The minimum Gasteiger partial charge on any atom is -0.481 e. The Morgan fingerprint density at radius 3 is 1.86 bits per heavy atom. The zero-order valence-electron chi connectivity index (χ0n) is 37.8. The van der Waals surface area contributed by atoms with Crippen molar-refractivity contribution in [2.45, 2.75) is 198 Å². The number of carboxylic acids is 1. The molecule has 6 aliphatic heterocycles. The number of aliphatic hydroxyl groups is 2. The highest BCUT2D eigenvalue weighted by Crippen LogP contribution is 2.55. The molecule has 14 nitrogen and oxygen atoms in total. The average Bonchev–Trinajstić information content (AvgIpc) is 3.85. The zero-order chi connectivity index (χ0) is 43.1. The molecule has 0 aromatic heterocycles. The van der Waals surface area contributed by atoms with Crippen LogP contribution in [0.4, 0.5) is 0 Å². The van der Waals surface area contributed by atoms with Crippen LogP contribution < -0.4 is 0 Å². The second-order valence-electron chi connectivity index (χ2n) is 19.9. The van der Waals surface area contributed by atoms with E-state index < -0.39 is 76.9 Å². The summed E-state index contributed by atoms with van der Waals surface area (Å²) < 4.78 is 65.4. The number of hydrogen-bond donors (Lipinski definition) is 3. The van der Waals surface area contributed by atoms with E-state index in [0.29, 0.717) is 19.3 Å². The predicted octanol–water partition coefficient (Wildman–Crippen LogP) is 5.17. The highest BCUT2D eigenvalue weighted by molar-refractivity contribution is 5.70. The van der Waals surface area contributed by atoms with Crippen LogP contribution in [0.3, 0.4) is 0 Å². The van der Waals surface area contributed by atoms with Crippen LogP contribution in [0, 0.1) is 47.3 Å². The van der Waals surface area contributed by atoms with Crippen LogP contribution >= 0.6 is 0 Å². The third-order valence-corrected chi connectivity index (χ3v) is 16.3. The molecule has 0 amide bonds. The lowest BCUT2D eigenvalue weighted by Gasteiger charge is -2.55. The van der Waals surface area contributed by atoms with E-state index in [1.807, 2.05) is 20.8 Å². The molecule has 1 spiro atoms. The molecule has 0 unspecified atom stereocenters. The molecule has 0 saturated carbocycles. The Morgan fingerprint density at radius 2 is 1.28 bits per heavy atom. The van der Waals surface area contributed by atoms with Crippen molar-refractivity contribution in [3.8, 4) is 0 Å². The summed E-state index contributed by atoms with van der Waals surface area (Å²) in [4.78, 5) is 12.2. The Labute approximate surface area is 346 Å². The maximum absolute atomic E-state index is 12.2. The number of carbonyl (C=O) groups is 1. The van der Waals surface area contributed by atoms with E-state index in [2.05, 4.69) is 34.6 Å². The molecule has 23 atom stereocenters.